The molecule has 0 atom stereocenters. The van der Waals surface area contributed by atoms with Gasteiger partial charge in [0.1, 0.15) is 5.75 Å². The molecule has 0 aromatic heterocycles. The number of ether oxygens (including phenoxy) is 1. The molecule has 0 N–H and O–H groups in total. The lowest BCUT2D eigenvalue weighted by atomic mass is 10.3. The van der Waals surface area contributed by atoms with Gasteiger partial charge in [0.05, 0.1) is 14.5 Å². The summed E-state index contributed by atoms with van der Waals surface area (Å²) in [5.41, 5.74) is 0. The Bertz CT molecular complexity index is 822. The maximum absolute atomic E-state index is 11.6. The summed E-state index contributed by atoms with van der Waals surface area (Å²) in [7, 11) is -0.204. The van der Waals surface area contributed by atoms with Crippen molar-refractivity contribution in [2.75, 3.05) is 0 Å². The van der Waals surface area contributed by atoms with Gasteiger partial charge in [0, 0.05) is 0 Å². The van der Waals surface area contributed by atoms with Gasteiger partial charge in [-0.3, -0.25) is 0 Å². The van der Waals surface area contributed by atoms with Crippen LogP contribution in [-0.4, -0.2) is 5.97 Å². The molecule has 4 heteroatoms. The smallest absolute Gasteiger partial charge is 0.349 e. The summed E-state index contributed by atoms with van der Waals surface area (Å²) >= 11 is 1.86. The molecule has 0 bridgehead atoms. The van der Waals surface area contributed by atoms with E-state index in [9.17, 15) is 4.79 Å². The Labute approximate surface area is 164 Å². The number of rotatable bonds is 5. The number of esters is 1. The van der Waals surface area contributed by atoms with Crippen LogP contribution in [0.5, 0.6) is 5.75 Å². The molecule has 0 saturated heterocycles. The van der Waals surface area contributed by atoms with Gasteiger partial charge < -0.3 is 4.74 Å². The van der Waals surface area contributed by atoms with E-state index in [0.717, 1.165) is 0 Å². The molecule has 3 aromatic carbocycles. The minimum absolute atomic E-state index is 0.204. The SMILES string of the molecule is C=C(I)C(=O)Oc1ccc([S+](c2ccccc2)c2ccccc2)cc1. The number of halogens is 1. The van der Waals surface area contributed by atoms with Crippen LogP contribution in [0.3, 0.4) is 0 Å². The fourth-order valence-corrected chi connectivity index (χ4v) is 4.52. The van der Waals surface area contributed by atoms with Crippen LogP contribution in [0, 0.1) is 0 Å². The Morgan fingerprint density at radius 2 is 1.20 bits per heavy atom. The maximum atomic E-state index is 11.6. The van der Waals surface area contributed by atoms with Gasteiger partial charge in [0.25, 0.3) is 0 Å². The highest BCUT2D eigenvalue weighted by molar-refractivity contribution is 14.1. The molecule has 0 spiro atoms. The Kier molecular flexibility index (Phi) is 5.94. The predicted molar refractivity (Wildman–Crippen MR) is 110 cm³/mol. The maximum Gasteiger partial charge on any atom is 0.349 e. The van der Waals surface area contributed by atoms with Crippen LogP contribution in [0.4, 0.5) is 0 Å². The standard InChI is InChI=1S/C21H16IO2S/c1-16(22)21(23)24-17-12-14-20(15-13-17)25(18-8-4-2-5-9-18)19-10-6-3-7-11-19/h2-15H,1H2/q+1. The zero-order chi connectivity index (χ0) is 17.6. The Hall–Kier alpha value is -2.05. The van der Waals surface area contributed by atoms with E-state index in [0.29, 0.717) is 9.33 Å². The Balaban J connectivity index is 1.94. The van der Waals surface area contributed by atoms with Crippen LogP contribution in [0.1, 0.15) is 0 Å². The fourth-order valence-electron chi connectivity index (χ4n) is 2.33. The van der Waals surface area contributed by atoms with E-state index in [1.165, 1.54) is 14.7 Å². The quantitative estimate of drug-likeness (QED) is 0.162. The minimum Gasteiger partial charge on any atom is -0.423 e. The van der Waals surface area contributed by atoms with Crippen molar-refractivity contribution in [3.05, 3.63) is 95.1 Å². The Morgan fingerprint density at radius 3 is 1.64 bits per heavy atom. The molecule has 2 nitrogen and oxygen atoms in total. The Morgan fingerprint density at radius 1 is 0.760 bits per heavy atom. The molecule has 0 fully saturated rings. The lowest BCUT2D eigenvalue weighted by Crippen LogP contribution is -2.07. The van der Waals surface area contributed by atoms with Gasteiger partial charge in [-0.2, -0.15) is 0 Å². The number of hydrogen-bond donors (Lipinski definition) is 0. The first kappa shape index (κ1) is 17.8. The summed E-state index contributed by atoms with van der Waals surface area (Å²) in [4.78, 5) is 15.3. The van der Waals surface area contributed by atoms with Crippen LogP contribution >= 0.6 is 22.6 Å². The van der Waals surface area contributed by atoms with Crippen LogP contribution in [0.15, 0.2) is 110 Å². The lowest BCUT2D eigenvalue weighted by molar-refractivity contribution is -0.129. The van der Waals surface area contributed by atoms with Gasteiger partial charge in [-0.25, -0.2) is 4.79 Å². The van der Waals surface area contributed by atoms with Crippen LogP contribution < -0.4 is 4.74 Å². The second-order valence-corrected chi connectivity index (χ2v) is 8.53. The number of carbonyl (C=O) groups excluding carboxylic acids is 1. The minimum atomic E-state index is -0.418. The van der Waals surface area contributed by atoms with Gasteiger partial charge >= 0.3 is 5.97 Å². The largest absolute Gasteiger partial charge is 0.423 e. The predicted octanol–water partition coefficient (Wildman–Crippen LogP) is 5.64. The van der Waals surface area contributed by atoms with Gasteiger partial charge in [-0.15, -0.1) is 0 Å². The van der Waals surface area contributed by atoms with Crippen molar-refractivity contribution in [2.24, 2.45) is 0 Å². The highest BCUT2D eigenvalue weighted by Crippen LogP contribution is 2.32. The van der Waals surface area contributed by atoms with Crippen molar-refractivity contribution in [3.8, 4) is 5.75 Å². The van der Waals surface area contributed by atoms with Crippen LogP contribution in [-0.2, 0) is 15.7 Å². The molecule has 0 unspecified atom stereocenters. The third-order valence-electron chi connectivity index (χ3n) is 3.45. The first-order chi connectivity index (χ1) is 12.1. The molecular weight excluding hydrogens is 443 g/mol. The van der Waals surface area contributed by atoms with Crippen molar-refractivity contribution in [1.29, 1.82) is 0 Å². The third-order valence-corrected chi connectivity index (χ3v) is 6.12. The van der Waals surface area contributed by atoms with Crippen LogP contribution in [0.2, 0.25) is 0 Å². The van der Waals surface area contributed by atoms with Crippen molar-refractivity contribution in [1.82, 2.24) is 0 Å². The molecule has 0 aliphatic heterocycles. The topological polar surface area (TPSA) is 26.3 Å². The monoisotopic (exact) mass is 459 g/mol. The molecule has 0 saturated carbocycles. The highest BCUT2D eigenvalue weighted by Gasteiger charge is 2.28. The van der Waals surface area contributed by atoms with E-state index in [1.54, 1.807) is 0 Å². The second-order valence-electron chi connectivity index (χ2n) is 5.20. The summed E-state index contributed by atoms with van der Waals surface area (Å²) in [6.07, 6.45) is 0. The summed E-state index contributed by atoms with van der Waals surface area (Å²) in [5, 5.41) is 0. The molecule has 0 amide bonds. The van der Waals surface area contributed by atoms with E-state index < -0.39 is 5.97 Å². The zero-order valence-electron chi connectivity index (χ0n) is 13.4. The third kappa shape index (κ3) is 4.52. The van der Waals surface area contributed by atoms with Gasteiger partial charge in [-0.1, -0.05) is 43.0 Å². The zero-order valence-corrected chi connectivity index (χ0v) is 16.4. The number of hydrogen-bond acceptors (Lipinski definition) is 2. The molecule has 124 valence electrons. The second kappa shape index (κ2) is 8.36. The molecule has 0 radical (unpaired) electrons. The molecule has 0 heterocycles. The highest BCUT2D eigenvalue weighted by atomic mass is 127. The number of benzene rings is 3. The average Bonchev–Trinajstić information content (AvgIpc) is 2.65. The van der Waals surface area contributed by atoms with Crippen molar-refractivity contribution < 1.29 is 9.53 Å². The van der Waals surface area contributed by atoms with Gasteiger partial charge in [0.15, 0.2) is 14.7 Å². The van der Waals surface area contributed by atoms with Crippen molar-refractivity contribution >= 4 is 39.5 Å². The molecule has 3 aromatic rings. The van der Waals surface area contributed by atoms with E-state index in [1.807, 2.05) is 59.0 Å². The average molecular weight is 459 g/mol. The van der Waals surface area contributed by atoms with Gasteiger partial charge in [0.2, 0.25) is 0 Å². The van der Waals surface area contributed by atoms with Crippen molar-refractivity contribution in [2.45, 2.75) is 14.7 Å². The van der Waals surface area contributed by atoms with Crippen molar-refractivity contribution in [3.63, 3.8) is 0 Å². The summed E-state index contributed by atoms with van der Waals surface area (Å²) in [6, 6.07) is 28.5. The van der Waals surface area contributed by atoms with Crippen LogP contribution in [0.25, 0.3) is 0 Å². The number of carbonyl (C=O) groups is 1. The first-order valence-electron chi connectivity index (χ1n) is 7.66. The fraction of sp³-hybridized carbons (Fsp3) is 0. The van der Waals surface area contributed by atoms with E-state index in [4.69, 9.17) is 4.74 Å². The molecule has 0 aliphatic rings. The summed E-state index contributed by atoms with van der Waals surface area (Å²) in [5.74, 6) is 0.106. The van der Waals surface area contributed by atoms with Gasteiger partial charge in [-0.05, 0) is 71.1 Å². The summed E-state index contributed by atoms with van der Waals surface area (Å²) in [6.45, 7) is 3.59. The molecule has 3 rings (SSSR count). The van der Waals surface area contributed by atoms with E-state index in [-0.39, 0.29) is 10.9 Å². The normalized spacial score (nSPS) is 10.5. The molecule has 25 heavy (non-hydrogen) atoms. The summed E-state index contributed by atoms with van der Waals surface area (Å²) < 4.78 is 5.64. The van der Waals surface area contributed by atoms with E-state index in [2.05, 4.69) is 55.1 Å². The molecule has 0 aliphatic carbocycles. The first-order valence-corrected chi connectivity index (χ1v) is 9.96. The lowest BCUT2D eigenvalue weighted by Gasteiger charge is -2.08. The van der Waals surface area contributed by atoms with E-state index >= 15 is 0 Å². The molecular formula is C21H16IO2S+.